The molecule has 3 rings (SSSR count). The number of nitrogens with one attached hydrogen (secondary N) is 3. The van der Waals surface area contributed by atoms with Crippen molar-refractivity contribution in [1.82, 2.24) is 4.98 Å². The van der Waals surface area contributed by atoms with E-state index in [9.17, 15) is 14.4 Å². The Balaban J connectivity index is 1.94. The summed E-state index contributed by atoms with van der Waals surface area (Å²) < 4.78 is 0. The highest BCUT2D eigenvalue weighted by molar-refractivity contribution is 6.36. The molecule has 30 heavy (non-hydrogen) atoms. The van der Waals surface area contributed by atoms with Crippen LogP contribution < -0.4 is 10.6 Å². The van der Waals surface area contributed by atoms with Crippen molar-refractivity contribution in [1.29, 1.82) is 0 Å². The van der Waals surface area contributed by atoms with Crippen molar-refractivity contribution in [3.05, 3.63) is 87.7 Å². The molecule has 0 aliphatic heterocycles. The van der Waals surface area contributed by atoms with Gasteiger partial charge in [0, 0.05) is 5.69 Å². The Hall–Kier alpha value is -3.55. The van der Waals surface area contributed by atoms with Gasteiger partial charge in [-0.2, -0.15) is 0 Å². The third kappa shape index (κ3) is 5.08. The number of carboxylic acids is 1. The Bertz CT molecular complexity index is 1090. The zero-order valence-electron chi connectivity index (χ0n) is 15.3. The lowest BCUT2D eigenvalue weighted by molar-refractivity contribution is -0.118. The van der Waals surface area contributed by atoms with Crippen molar-refractivity contribution < 1.29 is 19.5 Å². The number of benzene rings is 2. The number of hydrogen-bond donors (Lipinski definition) is 4. The number of aromatic nitrogens is 1. The SMILES string of the molecule is O=C(Nc1ccccc1Cl)C(=Cc1ccc(C(=O)O)[nH]1)C(=O)Nc1ccccc1Cl. The van der Waals surface area contributed by atoms with Gasteiger partial charge in [-0.15, -0.1) is 0 Å². The number of para-hydroxylation sites is 2. The van der Waals surface area contributed by atoms with Crippen LogP contribution in [0.1, 0.15) is 16.2 Å². The maximum Gasteiger partial charge on any atom is 0.352 e. The molecule has 0 saturated carbocycles. The monoisotopic (exact) mass is 443 g/mol. The summed E-state index contributed by atoms with van der Waals surface area (Å²) >= 11 is 12.2. The molecule has 0 aliphatic carbocycles. The molecular weight excluding hydrogens is 429 g/mol. The molecule has 0 unspecified atom stereocenters. The zero-order chi connectivity index (χ0) is 21.7. The van der Waals surface area contributed by atoms with E-state index in [2.05, 4.69) is 15.6 Å². The van der Waals surface area contributed by atoms with Crippen LogP contribution in [0.2, 0.25) is 10.0 Å². The maximum atomic E-state index is 12.9. The number of carbonyl (C=O) groups excluding carboxylic acids is 2. The predicted octanol–water partition coefficient (Wildman–Crippen LogP) is 4.68. The molecule has 7 nitrogen and oxygen atoms in total. The number of rotatable bonds is 6. The zero-order valence-corrected chi connectivity index (χ0v) is 16.8. The summed E-state index contributed by atoms with van der Waals surface area (Å²) in [6, 6.07) is 15.9. The fraction of sp³-hybridized carbons (Fsp3) is 0. The molecule has 0 fully saturated rings. The first kappa shape index (κ1) is 21.2. The highest BCUT2D eigenvalue weighted by Gasteiger charge is 2.21. The smallest absolute Gasteiger partial charge is 0.352 e. The molecule has 9 heteroatoms. The number of anilines is 2. The number of amides is 2. The molecular formula is C21H15Cl2N3O4. The molecule has 0 aliphatic rings. The van der Waals surface area contributed by atoms with Crippen molar-refractivity contribution in [3.63, 3.8) is 0 Å². The van der Waals surface area contributed by atoms with Crippen LogP contribution in [0.5, 0.6) is 0 Å². The van der Waals surface area contributed by atoms with E-state index in [1.165, 1.54) is 18.2 Å². The van der Waals surface area contributed by atoms with Gasteiger partial charge in [0.2, 0.25) is 0 Å². The molecule has 1 aromatic heterocycles. The standard InChI is InChI=1S/C21H15Cl2N3O4/c22-14-5-1-3-7-16(14)25-19(27)13(11-12-9-10-18(24-12)21(29)30)20(28)26-17-8-4-2-6-15(17)23/h1-11,24H,(H,25,27)(H,26,28)(H,29,30). The Labute approximate surface area is 181 Å². The van der Waals surface area contributed by atoms with Crippen LogP contribution in [0.25, 0.3) is 6.08 Å². The lowest BCUT2D eigenvalue weighted by Crippen LogP contribution is -2.25. The summed E-state index contributed by atoms with van der Waals surface area (Å²) in [4.78, 5) is 39.4. The quantitative estimate of drug-likeness (QED) is 0.251. The van der Waals surface area contributed by atoms with Crippen molar-refractivity contribution in [2.75, 3.05) is 10.6 Å². The second-order valence-corrected chi connectivity index (χ2v) is 6.87. The van der Waals surface area contributed by atoms with Gasteiger partial charge < -0.3 is 20.7 Å². The molecule has 2 aromatic carbocycles. The topological polar surface area (TPSA) is 111 Å². The summed E-state index contributed by atoms with van der Waals surface area (Å²) in [6.45, 7) is 0. The van der Waals surface area contributed by atoms with Crippen molar-refractivity contribution >= 4 is 58.4 Å². The van der Waals surface area contributed by atoms with E-state index in [1.807, 2.05) is 0 Å². The molecule has 0 bridgehead atoms. The van der Waals surface area contributed by atoms with Crippen LogP contribution in [-0.2, 0) is 9.59 Å². The third-order valence-corrected chi connectivity index (χ3v) is 4.63. The van der Waals surface area contributed by atoms with E-state index in [1.54, 1.807) is 48.5 Å². The average molecular weight is 444 g/mol. The van der Waals surface area contributed by atoms with E-state index in [-0.39, 0.29) is 17.0 Å². The van der Waals surface area contributed by atoms with Crippen molar-refractivity contribution in [2.45, 2.75) is 0 Å². The number of hydrogen-bond acceptors (Lipinski definition) is 3. The fourth-order valence-electron chi connectivity index (χ4n) is 2.52. The molecule has 1 heterocycles. The Kier molecular flexibility index (Phi) is 6.56. The predicted molar refractivity (Wildman–Crippen MR) is 116 cm³/mol. The molecule has 0 atom stereocenters. The van der Waals surface area contributed by atoms with E-state index in [0.29, 0.717) is 21.4 Å². The fourth-order valence-corrected chi connectivity index (χ4v) is 2.88. The van der Waals surface area contributed by atoms with Gasteiger partial charge in [0.15, 0.2) is 0 Å². The maximum absolute atomic E-state index is 12.9. The van der Waals surface area contributed by atoms with Crippen LogP contribution in [0.15, 0.2) is 66.2 Å². The van der Waals surface area contributed by atoms with Crippen LogP contribution in [0, 0.1) is 0 Å². The molecule has 0 spiro atoms. The average Bonchev–Trinajstić information content (AvgIpc) is 3.18. The second-order valence-electron chi connectivity index (χ2n) is 6.06. The number of aromatic carboxylic acids is 1. The summed E-state index contributed by atoms with van der Waals surface area (Å²) in [5, 5.41) is 14.8. The molecule has 0 radical (unpaired) electrons. The van der Waals surface area contributed by atoms with Gasteiger partial charge in [-0.3, -0.25) is 9.59 Å². The van der Waals surface area contributed by atoms with E-state index in [0.717, 1.165) is 0 Å². The summed E-state index contributed by atoms with van der Waals surface area (Å²) in [7, 11) is 0. The van der Waals surface area contributed by atoms with E-state index < -0.39 is 17.8 Å². The van der Waals surface area contributed by atoms with Crippen LogP contribution >= 0.6 is 23.2 Å². The minimum Gasteiger partial charge on any atom is -0.477 e. The third-order valence-electron chi connectivity index (χ3n) is 3.97. The van der Waals surface area contributed by atoms with E-state index >= 15 is 0 Å². The summed E-state index contributed by atoms with van der Waals surface area (Å²) in [6.07, 6.45) is 1.24. The van der Waals surface area contributed by atoms with Gasteiger partial charge in [0.1, 0.15) is 11.3 Å². The first-order valence-corrected chi connectivity index (χ1v) is 9.36. The summed E-state index contributed by atoms with van der Waals surface area (Å²) in [5.41, 5.74) is 0.523. The Morgan fingerprint density at radius 1 is 0.800 bits per heavy atom. The Morgan fingerprint density at radius 2 is 1.30 bits per heavy atom. The molecule has 2 amide bonds. The number of halogens is 2. The number of carboxylic acid groups (broad SMARTS) is 1. The first-order chi connectivity index (χ1) is 14.3. The van der Waals surface area contributed by atoms with Gasteiger partial charge in [0.25, 0.3) is 11.8 Å². The van der Waals surface area contributed by atoms with E-state index in [4.69, 9.17) is 28.3 Å². The Morgan fingerprint density at radius 3 is 1.73 bits per heavy atom. The van der Waals surface area contributed by atoms with Gasteiger partial charge in [-0.1, -0.05) is 47.5 Å². The minimum absolute atomic E-state index is 0.0846. The first-order valence-electron chi connectivity index (χ1n) is 8.61. The number of H-pyrrole nitrogens is 1. The van der Waals surface area contributed by atoms with Gasteiger partial charge in [0.05, 0.1) is 21.4 Å². The van der Waals surface area contributed by atoms with Crippen LogP contribution in [0.3, 0.4) is 0 Å². The normalized spacial score (nSPS) is 10.2. The van der Waals surface area contributed by atoms with Gasteiger partial charge in [-0.05, 0) is 42.5 Å². The van der Waals surface area contributed by atoms with Crippen LogP contribution in [0.4, 0.5) is 11.4 Å². The minimum atomic E-state index is -1.17. The van der Waals surface area contributed by atoms with Gasteiger partial charge >= 0.3 is 5.97 Å². The largest absolute Gasteiger partial charge is 0.477 e. The number of aromatic amines is 1. The number of carbonyl (C=O) groups is 3. The highest BCUT2D eigenvalue weighted by atomic mass is 35.5. The van der Waals surface area contributed by atoms with Gasteiger partial charge in [-0.25, -0.2) is 4.79 Å². The van der Waals surface area contributed by atoms with Crippen molar-refractivity contribution in [2.24, 2.45) is 0 Å². The molecule has 4 N–H and O–H groups in total. The molecule has 3 aromatic rings. The second kappa shape index (κ2) is 9.30. The van der Waals surface area contributed by atoms with Crippen molar-refractivity contribution in [3.8, 4) is 0 Å². The molecule has 152 valence electrons. The lowest BCUT2D eigenvalue weighted by Gasteiger charge is -2.11. The lowest BCUT2D eigenvalue weighted by atomic mass is 10.1. The highest BCUT2D eigenvalue weighted by Crippen LogP contribution is 2.24. The van der Waals surface area contributed by atoms with Crippen LogP contribution in [-0.4, -0.2) is 27.9 Å². The summed E-state index contributed by atoms with van der Waals surface area (Å²) in [5.74, 6) is -2.64. The molecule has 0 saturated heterocycles.